The van der Waals surface area contributed by atoms with Crippen molar-refractivity contribution in [3.8, 4) is 0 Å². The first-order chi connectivity index (χ1) is 9.17. The highest BCUT2D eigenvalue weighted by molar-refractivity contribution is 6.31. The van der Waals surface area contributed by atoms with E-state index in [4.69, 9.17) is 16.3 Å². The molecule has 1 amide bonds. The topological polar surface area (TPSA) is 55.4 Å². The fourth-order valence-electron chi connectivity index (χ4n) is 1.50. The van der Waals surface area contributed by atoms with Gasteiger partial charge in [0, 0.05) is 17.1 Å². The first kappa shape index (κ1) is 16.5. The quantitative estimate of drug-likeness (QED) is 0.862. The van der Waals surface area contributed by atoms with Crippen LogP contribution in [0.2, 0.25) is 5.02 Å². The van der Waals surface area contributed by atoms with Gasteiger partial charge >= 0.3 is 5.97 Å². The van der Waals surface area contributed by atoms with E-state index in [-0.39, 0.29) is 24.7 Å². The van der Waals surface area contributed by atoms with Crippen LogP contribution in [-0.4, -0.2) is 17.5 Å². The second-order valence-electron chi connectivity index (χ2n) is 5.60. The predicted molar refractivity (Wildman–Crippen MR) is 79.9 cm³/mol. The van der Waals surface area contributed by atoms with Crippen LogP contribution in [0.4, 0.5) is 5.69 Å². The van der Waals surface area contributed by atoms with Crippen LogP contribution in [0.5, 0.6) is 0 Å². The third-order valence-electron chi connectivity index (χ3n) is 2.43. The SMILES string of the molecule is Cc1ccc(NC(=O)CCC(=O)OC(C)(C)C)cc1Cl. The van der Waals surface area contributed by atoms with Crippen LogP contribution in [0.3, 0.4) is 0 Å². The monoisotopic (exact) mass is 297 g/mol. The van der Waals surface area contributed by atoms with Crippen molar-refractivity contribution in [1.82, 2.24) is 0 Å². The minimum absolute atomic E-state index is 0.0582. The molecule has 0 atom stereocenters. The van der Waals surface area contributed by atoms with E-state index in [1.54, 1.807) is 32.9 Å². The van der Waals surface area contributed by atoms with Crippen LogP contribution < -0.4 is 5.32 Å². The van der Waals surface area contributed by atoms with Crippen molar-refractivity contribution in [3.05, 3.63) is 28.8 Å². The zero-order valence-corrected chi connectivity index (χ0v) is 13.0. The number of aryl methyl sites for hydroxylation is 1. The molecule has 110 valence electrons. The molecule has 0 bridgehead atoms. The summed E-state index contributed by atoms with van der Waals surface area (Å²) in [5.41, 5.74) is 1.03. The van der Waals surface area contributed by atoms with Crippen molar-refractivity contribution in [1.29, 1.82) is 0 Å². The summed E-state index contributed by atoms with van der Waals surface area (Å²) < 4.78 is 5.13. The lowest BCUT2D eigenvalue weighted by molar-refractivity contribution is -0.155. The number of carbonyl (C=O) groups is 2. The lowest BCUT2D eigenvalue weighted by atomic mass is 10.2. The number of rotatable bonds is 4. The number of benzene rings is 1. The van der Waals surface area contributed by atoms with Gasteiger partial charge in [-0.2, -0.15) is 0 Å². The van der Waals surface area contributed by atoms with E-state index in [0.717, 1.165) is 5.56 Å². The summed E-state index contributed by atoms with van der Waals surface area (Å²) in [4.78, 5) is 23.2. The van der Waals surface area contributed by atoms with Crippen LogP contribution in [0.15, 0.2) is 18.2 Å². The number of hydrogen-bond donors (Lipinski definition) is 1. The Balaban J connectivity index is 2.44. The van der Waals surface area contributed by atoms with Gasteiger partial charge in [0.05, 0.1) is 6.42 Å². The average molecular weight is 298 g/mol. The Morgan fingerprint density at radius 3 is 2.45 bits per heavy atom. The van der Waals surface area contributed by atoms with Gasteiger partial charge in [-0.3, -0.25) is 9.59 Å². The highest BCUT2D eigenvalue weighted by Crippen LogP contribution is 2.20. The molecule has 0 aliphatic heterocycles. The standard InChI is InChI=1S/C15H20ClNO3/c1-10-5-6-11(9-12(10)16)17-13(18)7-8-14(19)20-15(2,3)4/h5-6,9H,7-8H2,1-4H3,(H,17,18). The maximum Gasteiger partial charge on any atom is 0.306 e. The van der Waals surface area contributed by atoms with E-state index in [9.17, 15) is 9.59 Å². The van der Waals surface area contributed by atoms with E-state index in [2.05, 4.69) is 5.32 Å². The molecule has 4 nitrogen and oxygen atoms in total. The zero-order valence-electron chi connectivity index (χ0n) is 12.2. The van der Waals surface area contributed by atoms with Crippen molar-refractivity contribution in [3.63, 3.8) is 0 Å². The van der Waals surface area contributed by atoms with Gasteiger partial charge < -0.3 is 10.1 Å². The molecular formula is C15H20ClNO3. The Morgan fingerprint density at radius 1 is 1.25 bits per heavy atom. The maximum atomic E-state index is 11.7. The van der Waals surface area contributed by atoms with Gasteiger partial charge in [-0.1, -0.05) is 17.7 Å². The van der Waals surface area contributed by atoms with Crippen LogP contribution >= 0.6 is 11.6 Å². The minimum atomic E-state index is -0.530. The molecule has 0 spiro atoms. The summed E-state index contributed by atoms with van der Waals surface area (Å²) >= 11 is 5.97. The Morgan fingerprint density at radius 2 is 1.90 bits per heavy atom. The average Bonchev–Trinajstić information content (AvgIpc) is 2.29. The molecule has 1 aromatic carbocycles. The molecule has 0 unspecified atom stereocenters. The Labute approximate surface area is 124 Å². The zero-order chi connectivity index (χ0) is 15.3. The fraction of sp³-hybridized carbons (Fsp3) is 0.467. The van der Waals surface area contributed by atoms with Crippen LogP contribution in [-0.2, 0) is 14.3 Å². The minimum Gasteiger partial charge on any atom is -0.460 e. The second kappa shape index (κ2) is 6.75. The van der Waals surface area contributed by atoms with Gasteiger partial charge in [0.25, 0.3) is 0 Å². The van der Waals surface area contributed by atoms with Crippen LogP contribution in [0.1, 0.15) is 39.2 Å². The first-order valence-corrected chi connectivity index (χ1v) is 6.83. The van der Waals surface area contributed by atoms with Crippen molar-refractivity contribution in [2.45, 2.75) is 46.1 Å². The van der Waals surface area contributed by atoms with E-state index in [1.807, 2.05) is 13.0 Å². The molecular weight excluding hydrogens is 278 g/mol. The van der Waals surface area contributed by atoms with E-state index >= 15 is 0 Å². The molecule has 1 rings (SSSR count). The molecule has 0 radical (unpaired) electrons. The van der Waals surface area contributed by atoms with Gasteiger partial charge in [0.15, 0.2) is 0 Å². The van der Waals surface area contributed by atoms with Crippen LogP contribution in [0, 0.1) is 6.92 Å². The summed E-state index contributed by atoms with van der Waals surface area (Å²) in [5, 5.41) is 3.29. The molecule has 0 fully saturated rings. The van der Waals surface area contributed by atoms with Gasteiger partial charge in [0.1, 0.15) is 5.60 Å². The molecule has 20 heavy (non-hydrogen) atoms. The molecule has 1 N–H and O–H groups in total. The summed E-state index contributed by atoms with van der Waals surface area (Å²) in [6, 6.07) is 5.28. The number of nitrogens with one attached hydrogen (secondary N) is 1. The highest BCUT2D eigenvalue weighted by atomic mass is 35.5. The third-order valence-corrected chi connectivity index (χ3v) is 2.84. The van der Waals surface area contributed by atoms with Crippen molar-refractivity contribution in [2.75, 3.05) is 5.32 Å². The van der Waals surface area contributed by atoms with Gasteiger partial charge in [-0.25, -0.2) is 0 Å². The largest absolute Gasteiger partial charge is 0.460 e. The van der Waals surface area contributed by atoms with Gasteiger partial charge in [0.2, 0.25) is 5.91 Å². The predicted octanol–water partition coefficient (Wildman–Crippen LogP) is 3.71. The number of carbonyl (C=O) groups excluding carboxylic acids is 2. The first-order valence-electron chi connectivity index (χ1n) is 6.45. The summed E-state index contributed by atoms with van der Waals surface area (Å²) in [7, 11) is 0. The number of ether oxygens (including phenoxy) is 1. The number of anilines is 1. The molecule has 0 aliphatic carbocycles. The van der Waals surface area contributed by atoms with Gasteiger partial charge in [-0.05, 0) is 45.4 Å². The van der Waals surface area contributed by atoms with Gasteiger partial charge in [-0.15, -0.1) is 0 Å². The highest BCUT2D eigenvalue weighted by Gasteiger charge is 2.17. The Hall–Kier alpha value is -1.55. The molecule has 1 aromatic rings. The lowest BCUT2D eigenvalue weighted by Crippen LogP contribution is -2.24. The third kappa shape index (κ3) is 6.06. The van der Waals surface area contributed by atoms with E-state index < -0.39 is 5.60 Å². The maximum absolute atomic E-state index is 11.7. The fourth-order valence-corrected chi connectivity index (χ4v) is 1.68. The second-order valence-corrected chi connectivity index (χ2v) is 6.01. The molecule has 0 aromatic heterocycles. The number of amides is 1. The summed E-state index contributed by atoms with van der Waals surface area (Å²) in [5.74, 6) is -0.620. The smallest absolute Gasteiger partial charge is 0.306 e. The number of halogens is 1. The Kier molecular flexibility index (Phi) is 5.57. The van der Waals surface area contributed by atoms with Crippen molar-refractivity contribution in [2.24, 2.45) is 0 Å². The number of hydrogen-bond acceptors (Lipinski definition) is 3. The number of esters is 1. The van der Waals surface area contributed by atoms with Crippen molar-refractivity contribution >= 4 is 29.2 Å². The Bertz CT molecular complexity index is 506. The van der Waals surface area contributed by atoms with E-state index in [0.29, 0.717) is 10.7 Å². The molecule has 5 heteroatoms. The lowest BCUT2D eigenvalue weighted by Gasteiger charge is -2.19. The van der Waals surface area contributed by atoms with Crippen molar-refractivity contribution < 1.29 is 14.3 Å². The molecule has 0 heterocycles. The molecule has 0 saturated carbocycles. The normalized spacial score (nSPS) is 11.1. The van der Waals surface area contributed by atoms with Crippen LogP contribution in [0.25, 0.3) is 0 Å². The summed E-state index contributed by atoms with van der Waals surface area (Å²) in [6.45, 7) is 7.26. The molecule has 0 saturated heterocycles. The summed E-state index contributed by atoms with van der Waals surface area (Å²) in [6.07, 6.45) is 0.142. The molecule has 0 aliphatic rings. The van der Waals surface area contributed by atoms with E-state index in [1.165, 1.54) is 0 Å².